The Labute approximate surface area is 619 Å². The van der Waals surface area contributed by atoms with Crippen molar-refractivity contribution in [1.82, 2.24) is 0 Å². The van der Waals surface area contributed by atoms with Gasteiger partial charge >= 0.3 is 0 Å². The first-order chi connectivity index (χ1) is 52.7. The average molecular weight is 1440 g/mol. The van der Waals surface area contributed by atoms with E-state index in [4.69, 9.17) is 37.9 Å². The van der Waals surface area contributed by atoms with Crippen LogP contribution >= 0.6 is 0 Å². The second-order valence-electron chi connectivity index (χ2n) is 27.7. The van der Waals surface area contributed by atoms with Gasteiger partial charge in [0.25, 0.3) is 47.9 Å². The number of hydrogen-bond donors (Lipinski definition) is 0. The third-order valence-corrected chi connectivity index (χ3v) is 21.2. The molecule has 4 aliphatic heterocycles. The molecule has 0 N–H and O–H groups in total. The molecule has 5 aliphatic rings. The van der Waals surface area contributed by atoms with E-state index in [0.29, 0.717) is 120 Å². The Kier molecular flexibility index (Phi) is 18.2. The van der Waals surface area contributed by atoms with E-state index in [0.717, 1.165) is 66.8 Å². The van der Waals surface area contributed by atoms with Gasteiger partial charge in [-0.2, -0.15) is 0 Å². The van der Waals surface area contributed by atoms with Gasteiger partial charge in [0.05, 0.1) is 19.7 Å². The number of nitro benzene ring substituents is 4. The molecule has 0 radical (unpaired) electrons. The molecular weight excluding hydrogens is 1370 g/mol. The molecule has 536 valence electrons. The van der Waals surface area contributed by atoms with Crippen LogP contribution in [0.25, 0.3) is 0 Å². The van der Waals surface area contributed by atoms with E-state index in [1.165, 1.54) is 48.5 Å². The zero-order valence-electron chi connectivity index (χ0n) is 58.0. The summed E-state index contributed by atoms with van der Waals surface area (Å²) in [4.78, 5) is 47.6. The zero-order valence-corrected chi connectivity index (χ0v) is 58.0. The fourth-order valence-electron chi connectivity index (χ4n) is 15.7. The van der Waals surface area contributed by atoms with Crippen molar-refractivity contribution in [1.29, 1.82) is 0 Å². The van der Waals surface area contributed by atoms with Gasteiger partial charge in [0.15, 0.2) is 0 Å². The zero-order chi connectivity index (χ0) is 73.5. The summed E-state index contributed by atoms with van der Waals surface area (Å²) in [5.41, 5.74) is 11.6. The van der Waals surface area contributed by atoms with Gasteiger partial charge in [-0.25, -0.2) is 0 Å². The van der Waals surface area contributed by atoms with Crippen molar-refractivity contribution in [2.24, 2.45) is 0 Å². The summed E-state index contributed by atoms with van der Waals surface area (Å²) >= 11 is 0. The highest BCUT2D eigenvalue weighted by Crippen LogP contribution is 2.58. The molecule has 0 saturated carbocycles. The molecule has 12 aromatic carbocycles. The fraction of sp³-hybridized carbons (Fsp3) is 0.182. The van der Waals surface area contributed by atoms with Crippen LogP contribution in [0.4, 0.5) is 22.7 Å². The molecule has 20 heteroatoms. The summed E-state index contributed by atoms with van der Waals surface area (Å²) in [5, 5.41) is 49.5. The Balaban J connectivity index is 1.01. The van der Waals surface area contributed by atoms with Crippen molar-refractivity contribution in [3.05, 3.63) is 396 Å². The van der Waals surface area contributed by atoms with Crippen molar-refractivity contribution in [2.75, 3.05) is 0 Å². The number of benzene rings is 12. The minimum absolute atomic E-state index is 0.149. The molecule has 12 aromatic rings. The molecule has 0 atom stereocenters. The van der Waals surface area contributed by atoms with Crippen LogP contribution < -0.4 is 37.9 Å². The van der Waals surface area contributed by atoms with Crippen LogP contribution in [-0.2, 0) is 25.7 Å². The molecule has 108 heavy (non-hydrogen) atoms. The molecular formula is C88H68N4O16. The van der Waals surface area contributed by atoms with Crippen molar-refractivity contribution < 1.29 is 57.6 Å². The van der Waals surface area contributed by atoms with E-state index in [1.807, 2.05) is 97.1 Å². The molecule has 0 saturated heterocycles. The van der Waals surface area contributed by atoms with Crippen LogP contribution in [0, 0.1) is 40.5 Å². The van der Waals surface area contributed by atoms with Crippen molar-refractivity contribution >= 4 is 22.7 Å². The summed E-state index contributed by atoms with van der Waals surface area (Å²) < 4.78 is 59.4. The first-order valence-corrected chi connectivity index (χ1v) is 35.9. The minimum Gasteiger partial charge on any atom is -0.450 e. The lowest BCUT2D eigenvalue weighted by Crippen LogP contribution is -2.26. The van der Waals surface area contributed by atoms with Gasteiger partial charge in [-0.1, -0.05) is 121 Å². The Bertz CT molecular complexity index is 4610. The maximum Gasteiger partial charge on any atom is 0.269 e. The molecule has 0 amide bonds. The lowest BCUT2D eigenvalue weighted by Gasteiger charge is -2.38. The standard InChI is InChI=1S/C88H68N4O16/c93-89(94)61-33-25-57(26-34-61)85-101-77-49-79-71-45-69(77)65(41-21-53-13-5-1-6-14-53)70-46-72-67(43-23-55-17-9-3-10-18-55)74-48-76-68(44-24-56-19-11-4-12-20-56)75-47-73(66(71)42-22-54-15-7-2-8-16-54)81(105-86(103-79)58-27-35-62(36-28-58)90(95)96)51-83(75)107-88(60-31-39-64(40-32-60)92(99)100)108-84(76)52-82(74)106-87(104-80(72)50-78(70)102-85)59-29-37-63(38-30-59)91(97)98/h1-20,25-40,45-52,65-68,85-88H,21-24,41-44H2. The van der Waals surface area contributed by atoms with Crippen molar-refractivity contribution in [2.45, 2.75) is 100 Å². The first kappa shape index (κ1) is 67.8. The topological polar surface area (TPSA) is 246 Å². The van der Waals surface area contributed by atoms with Gasteiger partial charge in [-0.15, -0.1) is 0 Å². The second kappa shape index (κ2) is 28.9. The number of non-ortho nitro benzene ring substituents is 4. The summed E-state index contributed by atoms with van der Waals surface area (Å²) in [7, 11) is 0. The minimum atomic E-state index is -1.30. The highest BCUT2D eigenvalue weighted by atomic mass is 16.7. The van der Waals surface area contributed by atoms with Crippen molar-refractivity contribution in [3.8, 4) is 46.0 Å². The number of hydrogen-bond acceptors (Lipinski definition) is 16. The number of aryl methyl sites for hydroxylation is 4. The molecule has 0 spiro atoms. The highest BCUT2D eigenvalue weighted by Gasteiger charge is 2.42. The third kappa shape index (κ3) is 13.7. The van der Waals surface area contributed by atoms with E-state index in [2.05, 4.69) is 72.8 Å². The van der Waals surface area contributed by atoms with Gasteiger partial charge < -0.3 is 37.9 Å². The normalized spacial score (nSPS) is 18.8. The molecule has 1 aliphatic carbocycles. The quantitative estimate of drug-likeness (QED) is 0.0508. The predicted molar refractivity (Wildman–Crippen MR) is 401 cm³/mol. The van der Waals surface area contributed by atoms with Gasteiger partial charge in [-0.3, -0.25) is 40.5 Å². The summed E-state index contributed by atoms with van der Waals surface area (Å²) in [5.74, 6) is 0.743. The van der Waals surface area contributed by atoms with Gasteiger partial charge in [0.2, 0.25) is 0 Å². The maximum absolute atomic E-state index is 12.4. The van der Waals surface area contributed by atoms with E-state index in [9.17, 15) is 40.5 Å². The van der Waals surface area contributed by atoms with Gasteiger partial charge in [0.1, 0.15) is 46.0 Å². The van der Waals surface area contributed by atoms with Crippen LogP contribution in [0.15, 0.2) is 267 Å². The molecule has 20 nitrogen and oxygen atoms in total. The van der Waals surface area contributed by atoms with E-state index in [-0.39, 0.29) is 22.7 Å². The molecule has 17 rings (SSSR count). The van der Waals surface area contributed by atoms with Crippen LogP contribution in [0.2, 0.25) is 0 Å². The smallest absolute Gasteiger partial charge is 0.269 e. The number of nitrogens with zero attached hydrogens (tertiary/aromatic N) is 4. The molecule has 8 bridgehead atoms. The Morgan fingerprint density at radius 1 is 0.222 bits per heavy atom. The summed E-state index contributed by atoms with van der Waals surface area (Å²) in [6.07, 6.45) is -0.926. The van der Waals surface area contributed by atoms with Gasteiger partial charge in [0, 0.05) is 163 Å². The number of nitro groups is 4. The molecule has 0 aromatic heterocycles. The Morgan fingerprint density at radius 3 is 0.546 bits per heavy atom. The number of ether oxygens (including phenoxy) is 8. The third-order valence-electron chi connectivity index (χ3n) is 21.2. The van der Waals surface area contributed by atoms with E-state index < -0.39 is 68.5 Å². The van der Waals surface area contributed by atoms with E-state index >= 15 is 0 Å². The Morgan fingerprint density at radius 2 is 0.389 bits per heavy atom. The highest BCUT2D eigenvalue weighted by molar-refractivity contribution is 5.66. The molecule has 4 heterocycles. The maximum atomic E-state index is 12.4. The van der Waals surface area contributed by atoms with Crippen molar-refractivity contribution in [3.63, 3.8) is 0 Å². The molecule has 0 unspecified atom stereocenters. The SMILES string of the molecule is O=[N+]([O-])c1ccc(C2Oc3cc4c5cc3C(CCc3ccccc3)c3cc6c(cc3O2)OC(c2ccc([N+](=O)[O-])cc2)Oc2cc3c(cc2C6CCc2ccccc2)C(CCc2ccccc2)c2cc(c(cc2OC(c2ccc([N+](=O)[O-])cc2)O3)OC(c2ccc([N+](=O)[O-])cc2)O4)C5CCc2ccccc2)cc1. The number of rotatable bonds is 20. The molecule has 0 fully saturated rings. The lowest BCUT2D eigenvalue weighted by molar-refractivity contribution is -0.385. The second-order valence-corrected chi connectivity index (χ2v) is 27.7. The van der Waals surface area contributed by atoms with Crippen LogP contribution in [0.1, 0.15) is 164 Å². The van der Waals surface area contributed by atoms with Crippen LogP contribution in [0.3, 0.4) is 0 Å². The monoisotopic (exact) mass is 1440 g/mol. The van der Waals surface area contributed by atoms with Crippen LogP contribution in [-0.4, -0.2) is 19.7 Å². The average Bonchev–Trinajstić information content (AvgIpc) is 0.729. The lowest BCUT2D eigenvalue weighted by atomic mass is 9.75. The van der Waals surface area contributed by atoms with E-state index in [1.54, 1.807) is 48.5 Å². The van der Waals surface area contributed by atoms with Crippen LogP contribution in [0.5, 0.6) is 46.0 Å². The predicted octanol–water partition coefficient (Wildman–Crippen LogP) is 20.6. The largest absolute Gasteiger partial charge is 0.450 e. The Hall–Kier alpha value is -13.4. The summed E-state index contributed by atoms with van der Waals surface area (Å²) in [6, 6.07) is 81.4. The summed E-state index contributed by atoms with van der Waals surface area (Å²) in [6.45, 7) is 0. The van der Waals surface area contributed by atoms with Gasteiger partial charge in [-0.05, 0) is 146 Å². The first-order valence-electron chi connectivity index (χ1n) is 35.9. The fourth-order valence-corrected chi connectivity index (χ4v) is 15.7.